The number of benzene rings is 2. The van der Waals surface area contributed by atoms with Crippen molar-refractivity contribution in [1.82, 2.24) is 0 Å². The summed E-state index contributed by atoms with van der Waals surface area (Å²) >= 11 is 0. The zero-order valence-corrected chi connectivity index (χ0v) is 15.3. The van der Waals surface area contributed by atoms with E-state index in [1.54, 1.807) is 12.1 Å². The lowest BCUT2D eigenvalue weighted by Crippen LogP contribution is -2.15. The number of methoxy groups -OCH3 is 1. The van der Waals surface area contributed by atoms with Gasteiger partial charge in [-0.2, -0.15) is 0 Å². The summed E-state index contributed by atoms with van der Waals surface area (Å²) in [6.07, 6.45) is 3.13. The summed E-state index contributed by atoms with van der Waals surface area (Å²) in [7, 11) is 1.34. The summed E-state index contributed by atoms with van der Waals surface area (Å²) < 4.78 is 10.1. The van der Waals surface area contributed by atoms with E-state index >= 15 is 0 Å². The van der Waals surface area contributed by atoms with Crippen molar-refractivity contribution in [3.8, 4) is 5.75 Å². The first-order valence-electron chi connectivity index (χ1n) is 8.58. The van der Waals surface area contributed by atoms with Crippen molar-refractivity contribution < 1.29 is 24.0 Å². The van der Waals surface area contributed by atoms with E-state index in [0.717, 1.165) is 30.9 Å². The Kier molecular flexibility index (Phi) is 7.05. The van der Waals surface area contributed by atoms with Crippen LogP contribution in [-0.4, -0.2) is 30.4 Å². The molecule has 0 N–H and O–H groups in total. The van der Waals surface area contributed by atoms with Crippen LogP contribution in [0.1, 0.15) is 46.0 Å². The Morgan fingerprint density at radius 1 is 1.11 bits per heavy atom. The fraction of sp³-hybridized carbons (Fsp3) is 0.300. The van der Waals surface area contributed by atoms with Gasteiger partial charge in [-0.25, -0.2) is 4.79 Å². The van der Waals surface area contributed by atoms with Gasteiger partial charge < -0.3 is 9.47 Å². The van der Waals surface area contributed by atoms with Crippen molar-refractivity contribution in [2.75, 3.05) is 13.7 Å². The number of nitro groups is 1. The number of carbonyl (C=O) groups is 2. The maximum Gasteiger partial charge on any atom is 0.342 e. The standard InChI is InChI=1S/C20H21NO6/c1-3-4-5-14-6-8-15(9-7-14)18(22)13-27-20(23)17-12-16(21(24)25)10-11-19(17)26-2/h6-12H,3-5,13H2,1-2H3. The largest absolute Gasteiger partial charge is 0.496 e. The van der Waals surface area contributed by atoms with Crippen LogP contribution in [0.5, 0.6) is 5.75 Å². The Labute approximate surface area is 157 Å². The molecule has 0 amide bonds. The fourth-order valence-electron chi connectivity index (χ4n) is 2.50. The van der Waals surface area contributed by atoms with Crippen LogP contribution >= 0.6 is 0 Å². The molecule has 2 aromatic rings. The number of non-ortho nitro benzene ring substituents is 1. The second-order valence-corrected chi connectivity index (χ2v) is 5.94. The van der Waals surface area contributed by atoms with Crippen molar-refractivity contribution in [2.24, 2.45) is 0 Å². The van der Waals surface area contributed by atoms with Crippen LogP contribution in [0.4, 0.5) is 5.69 Å². The summed E-state index contributed by atoms with van der Waals surface area (Å²) in [5, 5.41) is 10.9. The Bertz CT molecular complexity index is 829. The first kappa shape index (κ1) is 20.1. The van der Waals surface area contributed by atoms with Crippen LogP contribution in [0, 0.1) is 10.1 Å². The molecule has 0 saturated heterocycles. The number of rotatable bonds is 9. The number of nitro benzene ring substituents is 1. The van der Waals surface area contributed by atoms with Crippen LogP contribution in [0.3, 0.4) is 0 Å². The first-order chi connectivity index (χ1) is 13.0. The van der Waals surface area contributed by atoms with E-state index < -0.39 is 17.5 Å². The third kappa shape index (κ3) is 5.37. The van der Waals surface area contributed by atoms with Gasteiger partial charge in [0.15, 0.2) is 12.4 Å². The van der Waals surface area contributed by atoms with Gasteiger partial charge in [0, 0.05) is 17.7 Å². The van der Waals surface area contributed by atoms with Crippen molar-refractivity contribution in [2.45, 2.75) is 26.2 Å². The van der Waals surface area contributed by atoms with E-state index in [-0.39, 0.29) is 22.8 Å². The molecule has 2 aromatic carbocycles. The monoisotopic (exact) mass is 371 g/mol. The predicted molar refractivity (Wildman–Crippen MR) is 99.3 cm³/mol. The average Bonchev–Trinajstić information content (AvgIpc) is 2.69. The van der Waals surface area contributed by atoms with E-state index in [0.29, 0.717) is 5.56 Å². The third-order valence-electron chi connectivity index (χ3n) is 4.04. The van der Waals surface area contributed by atoms with Gasteiger partial charge in [0.2, 0.25) is 0 Å². The number of ether oxygens (including phenoxy) is 2. The van der Waals surface area contributed by atoms with Gasteiger partial charge in [0.1, 0.15) is 11.3 Å². The molecule has 0 atom stereocenters. The van der Waals surface area contributed by atoms with Crippen molar-refractivity contribution in [3.05, 3.63) is 69.3 Å². The van der Waals surface area contributed by atoms with Crippen molar-refractivity contribution in [1.29, 1.82) is 0 Å². The Morgan fingerprint density at radius 3 is 2.41 bits per heavy atom. The number of ketones is 1. The van der Waals surface area contributed by atoms with Gasteiger partial charge in [-0.05, 0) is 24.5 Å². The summed E-state index contributed by atoms with van der Waals surface area (Å²) in [6.45, 7) is 1.65. The Morgan fingerprint density at radius 2 is 1.81 bits per heavy atom. The number of nitrogens with zero attached hydrogens (tertiary/aromatic N) is 1. The fourth-order valence-corrected chi connectivity index (χ4v) is 2.50. The van der Waals surface area contributed by atoms with Gasteiger partial charge in [-0.1, -0.05) is 37.6 Å². The average molecular weight is 371 g/mol. The minimum atomic E-state index is -0.858. The maximum atomic E-state index is 12.2. The number of hydrogen-bond donors (Lipinski definition) is 0. The summed E-state index contributed by atoms with van der Waals surface area (Å²) in [6, 6.07) is 10.8. The lowest BCUT2D eigenvalue weighted by Gasteiger charge is -2.09. The molecule has 0 bridgehead atoms. The number of carbonyl (C=O) groups excluding carboxylic acids is 2. The highest BCUT2D eigenvalue weighted by atomic mass is 16.6. The summed E-state index contributed by atoms with van der Waals surface area (Å²) in [5.74, 6) is -1.07. The molecule has 0 saturated carbocycles. The molecule has 7 heteroatoms. The van der Waals surface area contributed by atoms with E-state index in [1.807, 2.05) is 12.1 Å². The molecular formula is C20H21NO6. The molecule has 7 nitrogen and oxygen atoms in total. The highest BCUT2D eigenvalue weighted by Gasteiger charge is 2.20. The van der Waals surface area contributed by atoms with E-state index in [9.17, 15) is 19.7 Å². The van der Waals surface area contributed by atoms with Gasteiger partial charge in [0.25, 0.3) is 5.69 Å². The second-order valence-electron chi connectivity index (χ2n) is 5.94. The van der Waals surface area contributed by atoms with Crippen LogP contribution < -0.4 is 4.74 Å². The van der Waals surface area contributed by atoms with Crippen LogP contribution in [0.15, 0.2) is 42.5 Å². The number of hydrogen-bond acceptors (Lipinski definition) is 6. The molecule has 142 valence electrons. The van der Waals surface area contributed by atoms with E-state index in [4.69, 9.17) is 9.47 Å². The number of Topliss-reactive ketones (excluding diaryl/α,β-unsaturated/α-hetero) is 1. The SMILES string of the molecule is CCCCc1ccc(C(=O)COC(=O)c2cc([N+](=O)[O-])ccc2OC)cc1. The zero-order valence-electron chi connectivity index (χ0n) is 15.3. The smallest absolute Gasteiger partial charge is 0.342 e. The third-order valence-corrected chi connectivity index (χ3v) is 4.04. The molecular weight excluding hydrogens is 350 g/mol. The minimum absolute atomic E-state index is 0.102. The Balaban J connectivity index is 2.03. The Hall–Kier alpha value is -3.22. The normalized spacial score (nSPS) is 10.3. The molecule has 0 aliphatic carbocycles. The molecule has 0 fully saturated rings. The van der Waals surface area contributed by atoms with Crippen LogP contribution in [-0.2, 0) is 11.2 Å². The van der Waals surface area contributed by atoms with Crippen LogP contribution in [0.25, 0.3) is 0 Å². The van der Waals surface area contributed by atoms with Crippen molar-refractivity contribution >= 4 is 17.4 Å². The lowest BCUT2D eigenvalue weighted by molar-refractivity contribution is -0.384. The zero-order chi connectivity index (χ0) is 19.8. The minimum Gasteiger partial charge on any atom is -0.496 e. The van der Waals surface area contributed by atoms with E-state index in [1.165, 1.54) is 19.2 Å². The number of aryl methyl sites for hydroxylation is 1. The second kappa shape index (κ2) is 9.47. The van der Waals surface area contributed by atoms with Gasteiger partial charge in [0.05, 0.1) is 12.0 Å². The molecule has 0 heterocycles. The molecule has 0 aliphatic rings. The molecule has 0 aromatic heterocycles. The van der Waals surface area contributed by atoms with Crippen molar-refractivity contribution in [3.63, 3.8) is 0 Å². The van der Waals surface area contributed by atoms with Gasteiger partial charge in [-0.3, -0.25) is 14.9 Å². The molecule has 0 spiro atoms. The van der Waals surface area contributed by atoms with Gasteiger partial charge in [-0.15, -0.1) is 0 Å². The molecule has 27 heavy (non-hydrogen) atoms. The van der Waals surface area contributed by atoms with Gasteiger partial charge >= 0.3 is 5.97 Å². The van der Waals surface area contributed by atoms with E-state index in [2.05, 4.69) is 6.92 Å². The van der Waals surface area contributed by atoms with Crippen LogP contribution in [0.2, 0.25) is 0 Å². The number of esters is 1. The quantitative estimate of drug-likeness (QED) is 0.286. The molecule has 0 unspecified atom stereocenters. The topological polar surface area (TPSA) is 95.7 Å². The molecule has 0 radical (unpaired) electrons. The summed E-state index contributed by atoms with van der Waals surface area (Å²) in [4.78, 5) is 34.7. The first-order valence-corrected chi connectivity index (χ1v) is 8.58. The maximum absolute atomic E-state index is 12.2. The predicted octanol–water partition coefficient (Wildman–Crippen LogP) is 3.99. The number of unbranched alkanes of at least 4 members (excludes halogenated alkanes) is 1. The molecule has 2 rings (SSSR count). The highest BCUT2D eigenvalue weighted by molar-refractivity contribution is 6.00. The lowest BCUT2D eigenvalue weighted by atomic mass is 10.0. The highest BCUT2D eigenvalue weighted by Crippen LogP contribution is 2.24. The summed E-state index contributed by atoms with van der Waals surface area (Å²) in [5.41, 5.74) is 1.21. The molecule has 0 aliphatic heterocycles.